The molecule has 2 aromatic heterocycles. The Kier molecular flexibility index (Phi) is 7.49. The fraction of sp³-hybridized carbons (Fsp3) is 0.100. The first kappa shape index (κ1) is 20.5. The second-order valence-electron chi connectivity index (χ2n) is 3.44. The van der Waals surface area contributed by atoms with E-state index in [1.165, 1.54) is 18.3 Å². The van der Waals surface area contributed by atoms with Gasteiger partial charge in [-0.3, -0.25) is 0 Å². The largest absolute Gasteiger partial charge is 1.00 e. The minimum Gasteiger partial charge on any atom is -0.870 e. The van der Waals surface area contributed by atoms with Crippen molar-refractivity contribution in [1.82, 2.24) is 14.8 Å². The molecule has 0 aliphatic rings. The molecule has 0 radical (unpaired) electrons. The number of nitrogens with zero attached hydrogens (tertiary/aromatic N) is 3. The Morgan fingerprint density at radius 2 is 2.00 bits per heavy atom. The number of aromatic nitrogens is 3. The molecule has 6 nitrogen and oxygen atoms in total. The number of pyridine rings is 1. The fourth-order valence-electron chi connectivity index (χ4n) is 1.37. The average Bonchev–Trinajstić information content (AvgIpc) is 2.74. The summed E-state index contributed by atoms with van der Waals surface area (Å²) in [6.45, 7) is 0. The van der Waals surface area contributed by atoms with Gasteiger partial charge in [0.15, 0.2) is 17.2 Å². The van der Waals surface area contributed by atoms with Gasteiger partial charge >= 0.3 is 63.5 Å². The van der Waals surface area contributed by atoms with Crippen molar-refractivity contribution in [1.29, 1.82) is 0 Å². The molecule has 0 amide bonds. The average molecular weight is 348 g/mol. The van der Waals surface area contributed by atoms with Crippen LogP contribution in [-0.4, -0.2) is 31.3 Å². The molecule has 2 heterocycles. The molecule has 0 aliphatic heterocycles. The maximum atomic E-state index is 12.5. The summed E-state index contributed by atoms with van der Waals surface area (Å²) in [7, 11) is 0. The van der Waals surface area contributed by atoms with Crippen LogP contribution < -0.4 is 51.4 Å². The van der Waals surface area contributed by atoms with Crippen molar-refractivity contribution < 1.29 is 79.9 Å². The van der Waals surface area contributed by atoms with Gasteiger partial charge in [-0.2, -0.15) is 18.3 Å². The van der Waals surface area contributed by atoms with Crippen molar-refractivity contribution in [3.05, 3.63) is 40.8 Å². The van der Waals surface area contributed by atoms with Gasteiger partial charge in [0.2, 0.25) is 0 Å². The summed E-state index contributed by atoms with van der Waals surface area (Å²) in [4.78, 5) is 14.7. The van der Waals surface area contributed by atoms with Gasteiger partial charge in [-0.05, 0) is 12.1 Å². The zero-order valence-corrected chi connectivity index (χ0v) is 14.3. The van der Waals surface area contributed by atoms with Gasteiger partial charge in [0, 0.05) is 12.3 Å². The standard InChI is InChI=1S/C10H5ClF3N3O2.K.H2O/c11-5-2-1-3-15-8(5)17-6(9(18)19)4-7(16-17)10(12,13)14;;/h1-4H,(H,18,19);;1H2/q;+1;/p-1. The first-order valence-electron chi connectivity index (χ1n) is 4.82. The number of alkyl halides is 3. The van der Waals surface area contributed by atoms with Crippen LogP contribution >= 0.6 is 11.6 Å². The van der Waals surface area contributed by atoms with Gasteiger partial charge in [0.05, 0.1) is 5.02 Å². The molecule has 0 atom stereocenters. The summed E-state index contributed by atoms with van der Waals surface area (Å²) in [6.07, 6.45) is -3.49. The third-order valence-electron chi connectivity index (χ3n) is 2.16. The third-order valence-corrected chi connectivity index (χ3v) is 2.45. The smallest absolute Gasteiger partial charge is 0.870 e. The maximum Gasteiger partial charge on any atom is 1.00 e. The number of carboxylic acids is 1. The Morgan fingerprint density at radius 1 is 1.38 bits per heavy atom. The Balaban J connectivity index is 0.00000200. The summed E-state index contributed by atoms with van der Waals surface area (Å²) in [5, 5.41) is 12.1. The van der Waals surface area contributed by atoms with E-state index in [2.05, 4.69) is 10.1 Å². The minimum atomic E-state index is -4.75. The molecule has 2 N–H and O–H groups in total. The summed E-state index contributed by atoms with van der Waals surface area (Å²) >= 11 is 5.76. The Labute approximate surface area is 163 Å². The second-order valence-corrected chi connectivity index (χ2v) is 3.85. The van der Waals surface area contributed by atoms with Crippen LogP contribution in [0.25, 0.3) is 5.82 Å². The van der Waals surface area contributed by atoms with Crippen molar-refractivity contribution in [2.24, 2.45) is 0 Å². The van der Waals surface area contributed by atoms with E-state index in [1.807, 2.05) is 0 Å². The molecule has 0 aliphatic carbocycles. The SMILES string of the molecule is O=C(O)c1cc(C(F)(F)F)nn1-c1ncccc1Cl.[K+].[OH-]. The number of hydrogen-bond acceptors (Lipinski definition) is 4. The first-order valence-corrected chi connectivity index (χ1v) is 5.20. The van der Waals surface area contributed by atoms with E-state index in [0.717, 1.165) is 0 Å². The predicted molar refractivity (Wildman–Crippen MR) is 60.3 cm³/mol. The molecule has 2 aromatic rings. The molecule has 108 valence electrons. The number of carboxylic acid groups (broad SMARTS) is 1. The maximum absolute atomic E-state index is 12.5. The summed E-state index contributed by atoms with van der Waals surface area (Å²) in [5.41, 5.74) is -2.00. The molecular weight excluding hydrogens is 342 g/mol. The molecule has 0 unspecified atom stereocenters. The van der Waals surface area contributed by atoms with Gasteiger partial charge in [0.25, 0.3) is 0 Å². The van der Waals surface area contributed by atoms with E-state index in [0.29, 0.717) is 10.7 Å². The van der Waals surface area contributed by atoms with Gasteiger partial charge < -0.3 is 10.6 Å². The Bertz CT molecular complexity index is 648. The molecule has 0 bridgehead atoms. The molecule has 0 saturated carbocycles. The molecule has 2 rings (SSSR count). The van der Waals surface area contributed by atoms with E-state index in [9.17, 15) is 18.0 Å². The van der Waals surface area contributed by atoms with E-state index in [-0.39, 0.29) is 67.7 Å². The first-order chi connectivity index (χ1) is 8.80. The topological polar surface area (TPSA) is 98.0 Å². The monoisotopic (exact) mass is 347 g/mol. The van der Waals surface area contributed by atoms with Crippen molar-refractivity contribution in [2.75, 3.05) is 0 Å². The van der Waals surface area contributed by atoms with Crippen LogP contribution in [0, 0.1) is 0 Å². The summed E-state index contributed by atoms with van der Waals surface area (Å²) in [5.74, 6) is -1.75. The zero-order valence-electron chi connectivity index (χ0n) is 10.5. The summed E-state index contributed by atoms with van der Waals surface area (Å²) in [6, 6.07) is 3.25. The van der Waals surface area contributed by atoms with Gasteiger partial charge in [0.1, 0.15) is 0 Å². The van der Waals surface area contributed by atoms with Crippen LogP contribution in [0.5, 0.6) is 0 Å². The molecule has 21 heavy (non-hydrogen) atoms. The number of rotatable bonds is 2. The van der Waals surface area contributed by atoms with Crippen LogP contribution in [0.15, 0.2) is 24.4 Å². The normalized spacial score (nSPS) is 10.5. The van der Waals surface area contributed by atoms with E-state index in [1.54, 1.807) is 0 Å². The van der Waals surface area contributed by atoms with E-state index < -0.39 is 23.5 Å². The quantitative estimate of drug-likeness (QED) is 0.736. The van der Waals surface area contributed by atoms with Gasteiger partial charge in [-0.25, -0.2) is 14.5 Å². The van der Waals surface area contributed by atoms with Crippen molar-refractivity contribution in [3.8, 4) is 5.82 Å². The molecule has 0 spiro atoms. The molecular formula is C10H6ClF3KN3O3. The predicted octanol–water partition coefficient (Wildman–Crippen LogP) is -0.535. The van der Waals surface area contributed by atoms with Crippen LogP contribution in [0.1, 0.15) is 16.2 Å². The number of carbonyl (C=O) groups is 1. The Hall–Kier alpha value is -0.494. The van der Waals surface area contributed by atoms with Crippen molar-refractivity contribution in [3.63, 3.8) is 0 Å². The Morgan fingerprint density at radius 3 is 2.48 bits per heavy atom. The third kappa shape index (κ3) is 4.49. The zero-order chi connectivity index (χ0) is 14.2. The number of halogens is 4. The van der Waals surface area contributed by atoms with E-state index in [4.69, 9.17) is 16.7 Å². The fourth-order valence-corrected chi connectivity index (χ4v) is 1.57. The van der Waals surface area contributed by atoms with Crippen LogP contribution in [0.4, 0.5) is 13.2 Å². The number of hydrogen-bond donors (Lipinski definition) is 1. The van der Waals surface area contributed by atoms with Crippen LogP contribution in [0.3, 0.4) is 0 Å². The van der Waals surface area contributed by atoms with Gasteiger partial charge in [-0.15, -0.1) is 0 Å². The van der Waals surface area contributed by atoms with Gasteiger partial charge in [-0.1, -0.05) is 11.6 Å². The molecule has 0 fully saturated rings. The molecule has 0 saturated heterocycles. The number of aromatic carboxylic acids is 1. The van der Waals surface area contributed by atoms with Crippen LogP contribution in [-0.2, 0) is 6.18 Å². The molecule has 11 heteroatoms. The van der Waals surface area contributed by atoms with E-state index >= 15 is 0 Å². The van der Waals surface area contributed by atoms with Crippen molar-refractivity contribution in [2.45, 2.75) is 6.18 Å². The second kappa shape index (κ2) is 7.67. The minimum absolute atomic E-state index is 0. The molecule has 0 aromatic carbocycles. The van der Waals surface area contributed by atoms with Crippen molar-refractivity contribution >= 4 is 17.6 Å². The summed E-state index contributed by atoms with van der Waals surface area (Å²) < 4.78 is 38.2. The van der Waals surface area contributed by atoms with Crippen LogP contribution in [0.2, 0.25) is 5.02 Å².